The second-order valence-electron chi connectivity index (χ2n) is 4.82. The summed E-state index contributed by atoms with van der Waals surface area (Å²) in [7, 11) is 0. The third kappa shape index (κ3) is 3.98. The molecule has 0 saturated heterocycles. The number of hydrogen-bond acceptors (Lipinski definition) is 3. The predicted octanol–water partition coefficient (Wildman–Crippen LogP) is 2.51. The molecule has 0 fully saturated rings. The monoisotopic (exact) mass is 279 g/mol. The summed E-state index contributed by atoms with van der Waals surface area (Å²) in [6, 6.07) is 5.09. The quantitative estimate of drug-likeness (QED) is 0.660. The van der Waals surface area contributed by atoms with Gasteiger partial charge >= 0.3 is 0 Å². The lowest BCUT2D eigenvalue weighted by Gasteiger charge is -2.24. The van der Waals surface area contributed by atoms with Crippen molar-refractivity contribution in [3.05, 3.63) is 34.9 Å². The highest BCUT2D eigenvalue weighted by Crippen LogP contribution is 2.22. The van der Waals surface area contributed by atoms with Gasteiger partial charge in [0.2, 0.25) is 5.91 Å². The predicted molar refractivity (Wildman–Crippen MR) is 79.3 cm³/mol. The Morgan fingerprint density at radius 1 is 1.53 bits per heavy atom. The average molecular weight is 280 g/mol. The van der Waals surface area contributed by atoms with Crippen LogP contribution in [-0.2, 0) is 4.79 Å². The van der Waals surface area contributed by atoms with E-state index < -0.39 is 0 Å². The number of nitrogen functional groups attached to an aromatic ring is 1. The molecule has 1 aromatic carbocycles. The fourth-order valence-corrected chi connectivity index (χ4v) is 2.10. The number of nitrogens with zero attached hydrogens (tertiary/aromatic N) is 1. The first-order chi connectivity index (χ1) is 9.04. The zero-order valence-electron chi connectivity index (χ0n) is 10.9. The minimum Gasteiger partial charge on any atom is -0.397 e. The molecule has 102 valence electrons. The molecule has 2 rings (SSSR count). The molecule has 0 aromatic heterocycles. The topological polar surface area (TPSA) is 58.4 Å². The van der Waals surface area contributed by atoms with Crippen molar-refractivity contribution >= 4 is 28.9 Å². The van der Waals surface area contributed by atoms with Gasteiger partial charge in [0.25, 0.3) is 0 Å². The Labute approximate surface area is 118 Å². The van der Waals surface area contributed by atoms with Crippen molar-refractivity contribution in [1.82, 2.24) is 4.90 Å². The molecule has 19 heavy (non-hydrogen) atoms. The van der Waals surface area contributed by atoms with E-state index in [0.29, 0.717) is 22.9 Å². The van der Waals surface area contributed by atoms with Crippen LogP contribution in [0.5, 0.6) is 0 Å². The zero-order chi connectivity index (χ0) is 13.8. The van der Waals surface area contributed by atoms with Crippen molar-refractivity contribution in [2.24, 2.45) is 0 Å². The van der Waals surface area contributed by atoms with Crippen molar-refractivity contribution in [1.29, 1.82) is 0 Å². The summed E-state index contributed by atoms with van der Waals surface area (Å²) in [6.45, 7) is 4.28. The third-order valence-corrected chi connectivity index (χ3v) is 3.51. The second kappa shape index (κ2) is 6.08. The van der Waals surface area contributed by atoms with Gasteiger partial charge in [-0.05, 0) is 31.5 Å². The molecule has 1 heterocycles. The van der Waals surface area contributed by atoms with Crippen LogP contribution in [0, 0.1) is 0 Å². The summed E-state index contributed by atoms with van der Waals surface area (Å²) in [4.78, 5) is 14.0. The Kier molecular flexibility index (Phi) is 4.45. The first-order valence-corrected chi connectivity index (χ1v) is 6.65. The van der Waals surface area contributed by atoms with Crippen LogP contribution >= 0.6 is 11.6 Å². The molecule has 4 nitrogen and oxygen atoms in total. The molecule has 0 saturated carbocycles. The van der Waals surface area contributed by atoms with Gasteiger partial charge in [0.05, 0.1) is 17.3 Å². The van der Waals surface area contributed by atoms with Crippen LogP contribution in [0.1, 0.15) is 13.3 Å². The fraction of sp³-hybridized carbons (Fsp3) is 0.357. The molecule has 0 aliphatic carbocycles. The summed E-state index contributed by atoms with van der Waals surface area (Å²) in [5, 5.41) is 3.32. The SMILES string of the molecule is CC1=CCN(CC(=O)Nc2ccc(Cl)c(N)c2)CC1. The van der Waals surface area contributed by atoms with Gasteiger partial charge in [-0.15, -0.1) is 0 Å². The van der Waals surface area contributed by atoms with Crippen LogP contribution in [0.4, 0.5) is 11.4 Å². The van der Waals surface area contributed by atoms with Crippen LogP contribution in [0.15, 0.2) is 29.8 Å². The maximum Gasteiger partial charge on any atom is 0.238 e. The maximum absolute atomic E-state index is 11.9. The molecule has 0 spiro atoms. The Morgan fingerprint density at radius 2 is 2.32 bits per heavy atom. The standard InChI is InChI=1S/C14H18ClN3O/c1-10-4-6-18(7-5-10)9-14(19)17-11-2-3-12(15)13(16)8-11/h2-4,8H,5-7,9,16H2,1H3,(H,17,19). The molecule has 1 amide bonds. The highest BCUT2D eigenvalue weighted by molar-refractivity contribution is 6.33. The molecule has 3 N–H and O–H groups in total. The summed E-state index contributed by atoms with van der Waals surface area (Å²) >= 11 is 5.83. The van der Waals surface area contributed by atoms with Crippen LogP contribution in [0.25, 0.3) is 0 Å². The van der Waals surface area contributed by atoms with Crippen molar-refractivity contribution in [2.75, 3.05) is 30.7 Å². The molecule has 0 unspecified atom stereocenters. The van der Waals surface area contributed by atoms with Gasteiger partial charge in [0.1, 0.15) is 0 Å². The lowest BCUT2D eigenvalue weighted by molar-refractivity contribution is -0.117. The number of carbonyl (C=O) groups is 1. The van der Waals surface area contributed by atoms with E-state index in [-0.39, 0.29) is 5.91 Å². The number of halogens is 1. The van der Waals surface area contributed by atoms with Gasteiger partial charge in [-0.25, -0.2) is 0 Å². The first-order valence-electron chi connectivity index (χ1n) is 6.27. The van der Waals surface area contributed by atoms with Gasteiger partial charge in [-0.2, -0.15) is 0 Å². The minimum atomic E-state index is -0.0327. The van der Waals surface area contributed by atoms with E-state index >= 15 is 0 Å². The molecule has 0 atom stereocenters. The van der Waals surface area contributed by atoms with E-state index in [1.807, 2.05) is 0 Å². The van der Waals surface area contributed by atoms with Gasteiger partial charge < -0.3 is 11.1 Å². The Hall–Kier alpha value is -1.52. The molecule has 1 aliphatic heterocycles. The fourth-order valence-electron chi connectivity index (χ4n) is 1.98. The van der Waals surface area contributed by atoms with Crippen molar-refractivity contribution < 1.29 is 4.79 Å². The zero-order valence-corrected chi connectivity index (χ0v) is 11.7. The number of carbonyl (C=O) groups excluding carboxylic acids is 1. The highest BCUT2D eigenvalue weighted by Gasteiger charge is 2.13. The number of benzene rings is 1. The average Bonchev–Trinajstić information content (AvgIpc) is 2.37. The molecule has 5 heteroatoms. The van der Waals surface area contributed by atoms with Gasteiger partial charge in [-0.1, -0.05) is 23.3 Å². The molecular weight excluding hydrogens is 262 g/mol. The van der Waals surface area contributed by atoms with E-state index in [4.69, 9.17) is 17.3 Å². The lowest BCUT2D eigenvalue weighted by Crippen LogP contribution is -2.36. The van der Waals surface area contributed by atoms with Gasteiger partial charge in [-0.3, -0.25) is 9.69 Å². The van der Waals surface area contributed by atoms with E-state index in [1.54, 1.807) is 18.2 Å². The largest absolute Gasteiger partial charge is 0.397 e. The molecular formula is C14H18ClN3O. The van der Waals surface area contributed by atoms with Crippen LogP contribution in [0.2, 0.25) is 5.02 Å². The van der Waals surface area contributed by atoms with E-state index in [2.05, 4.69) is 23.2 Å². The number of anilines is 2. The number of rotatable bonds is 3. The number of nitrogens with two attached hydrogens (primary N) is 1. The Balaban J connectivity index is 1.89. The number of nitrogens with one attached hydrogen (secondary N) is 1. The summed E-state index contributed by atoms with van der Waals surface area (Å²) in [5.41, 5.74) is 8.23. The summed E-state index contributed by atoms with van der Waals surface area (Å²) < 4.78 is 0. The second-order valence-corrected chi connectivity index (χ2v) is 5.23. The van der Waals surface area contributed by atoms with E-state index in [0.717, 1.165) is 19.5 Å². The number of amides is 1. The Bertz CT molecular complexity index is 513. The maximum atomic E-state index is 11.9. The first kappa shape index (κ1) is 13.9. The van der Waals surface area contributed by atoms with Crippen molar-refractivity contribution in [3.63, 3.8) is 0 Å². The molecule has 0 bridgehead atoms. The minimum absolute atomic E-state index is 0.0327. The summed E-state index contributed by atoms with van der Waals surface area (Å²) in [5.74, 6) is -0.0327. The number of hydrogen-bond donors (Lipinski definition) is 2. The molecule has 1 aliphatic rings. The molecule has 1 aromatic rings. The van der Waals surface area contributed by atoms with Crippen molar-refractivity contribution in [3.8, 4) is 0 Å². The normalized spacial score (nSPS) is 16.0. The smallest absolute Gasteiger partial charge is 0.238 e. The van der Waals surface area contributed by atoms with Gasteiger partial charge in [0, 0.05) is 18.8 Å². The van der Waals surface area contributed by atoms with Crippen LogP contribution in [0.3, 0.4) is 0 Å². The van der Waals surface area contributed by atoms with Crippen LogP contribution < -0.4 is 11.1 Å². The Morgan fingerprint density at radius 3 is 2.95 bits per heavy atom. The van der Waals surface area contributed by atoms with Crippen molar-refractivity contribution in [2.45, 2.75) is 13.3 Å². The molecule has 0 radical (unpaired) electrons. The summed E-state index contributed by atoms with van der Waals surface area (Å²) in [6.07, 6.45) is 3.19. The van der Waals surface area contributed by atoms with Gasteiger partial charge in [0.15, 0.2) is 0 Å². The lowest BCUT2D eigenvalue weighted by atomic mass is 10.1. The highest BCUT2D eigenvalue weighted by atomic mass is 35.5. The van der Waals surface area contributed by atoms with E-state index in [9.17, 15) is 4.79 Å². The van der Waals surface area contributed by atoms with Crippen LogP contribution in [-0.4, -0.2) is 30.4 Å². The van der Waals surface area contributed by atoms with E-state index in [1.165, 1.54) is 5.57 Å². The third-order valence-electron chi connectivity index (χ3n) is 3.17.